The highest BCUT2D eigenvalue weighted by Crippen LogP contribution is 2.32. The molecule has 1 N–H and O–H groups in total. The maximum Gasteiger partial charge on any atom is 0.229 e. The number of carbonyl (C=O) groups excluding carboxylic acids is 2. The van der Waals surface area contributed by atoms with Gasteiger partial charge in [-0.25, -0.2) is 0 Å². The molecular weight excluding hydrogens is 368 g/mol. The van der Waals surface area contributed by atoms with Crippen LogP contribution in [-0.4, -0.2) is 18.4 Å². The Balaban J connectivity index is 1.72. The van der Waals surface area contributed by atoms with Crippen molar-refractivity contribution >= 4 is 39.1 Å². The summed E-state index contributed by atoms with van der Waals surface area (Å²) in [6, 6.07) is 13.5. The van der Waals surface area contributed by atoms with Gasteiger partial charge >= 0.3 is 0 Å². The number of anilines is 2. The lowest BCUT2D eigenvalue weighted by molar-refractivity contribution is -0.122. The fraction of sp³-hybridized carbons (Fsp3) is 0.263. The number of rotatable bonds is 3. The van der Waals surface area contributed by atoms with Crippen LogP contribution in [0.5, 0.6) is 0 Å². The Morgan fingerprint density at radius 3 is 2.46 bits per heavy atom. The molecule has 1 fully saturated rings. The topological polar surface area (TPSA) is 49.4 Å². The molecule has 1 unspecified atom stereocenters. The van der Waals surface area contributed by atoms with Gasteiger partial charge in [-0.1, -0.05) is 23.8 Å². The maximum absolute atomic E-state index is 12.5. The molecule has 1 aliphatic rings. The molecule has 24 heavy (non-hydrogen) atoms. The minimum Gasteiger partial charge on any atom is -0.326 e. The van der Waals surface area contributed by atoms with Gasteiger partial charge in [0.25, 0.3) is 0 Å². The van der Waals surface area contributed by atoms with E-state index in [9.17, 15) is 9.59 Å². The molecule has 2 aromatic rings. The molecule has 1 atom stereocenters. The van der Waals surface area contributed by atoms with Crippen molar-refractivity contribution in [3.8, 4) is 0 Å². The fourth-order valence-electron chi connectivity index (χ4n) is 2.83. The minimum atomic E-state index is -0.341. The summed E-state index contributed by atoms with van der Waals surface area (Å²) in [6.45, 7) is 4.40. The second-order valence-electron chi connectivity index (χ2n) is 6.22. The van der Waals surface area contributed by atoms with Crippen LogP contribution in [0.3, 0.4) is 0 Å². The lowest BCUT2D eigenvalue weighted by Crippen LogP contribution is -2.28. The molecule has 1 saturated heterocycles. The van der Waals surface area contributed by atoms with E-state index in [2.05, 4.69) is 21.2 Å². The van der Waals surface area contributed by atoms with Crippen LogP contribution in [-0.2, 0) is 9.59 Å². The Kier molecular flexibility index (Phi) is 4.71. The van der Waals surface area contributed by atoms with Crippen molar-refractivity contribution in [2.45, 2.75) is 20.3 Å². The number of benzene rings is 2. The first-order valence-corrected chi connectivity index (χ1v) is 8.67. The molecule has 0 aromatic heterocycles. The minimum absolute atomic E-state index is 0.0244. The van der Waals surface area contributed by atoms with Gasteiger partial charge in [0.05, 0.1) is 11.6 Å². The zero-order valence-corrected chi connectivity index (χ0v) is 15.3. The van der Waals surface area contributed by atoms with Gasteiger partial charge in [0.1, 0.15) is 0 Å². The molecule has 1 aliphatic heterocycles. The van der Waals surface area contributed by atoms with Crippen LogP contribution in [0.15, 0.2) is 46.9 Å². The van der Waals surface area contributed by atoms with Crippen molar-refractivity contribution < 1.29 is 9.59 Å². The Labute approximate surface area is 150 Å². The molecule has 3 rings (SSSR count). The average molecular weight is 387 g/mol. The Hall–Kier alpha value is -2.14. The largest absolute Gasteiger partial charge is 0.326 e. The number of carbonyl (C=O) groups is 2. The molecule has 1 heterocycles. The highest BCUT2D eigenvalue weighted by atomic mass is 79.9. The van der Waals surface area contributed by atoms with Gasteiger partial charge in [-0.05, 0) is 59.6 Å². The van der Waals surface area contributed by atoms with Crippen LogP contribution in [0.2, 0.25) is 0 Å². The second kappa shape index (κ2) is 6.77. The summed E-state index contributed by atoms with van der Waals surface area (Å²) < 4.78 is 0.871. The van der Waals surface area contributed by atoms with Gasteiger partial charge in [0, 0.05) is 23.1 Å². The summed E-state index contributed by atoms with van der Waals surface area (Å²) >= 11 is 3.51. The smallest absolute Gasteiger partial charge is 0.229 e. The number of amides is 2. The van der Waals surface area contributed by atoms with E-state index in [4.69, 9.17) is 0 Å². The average Bonchev–Trinajstić information content (AvgIpc) is 2.91. The maximum atomic E-state index is 12.5. The molecule has 0 radical (unpaired) electrons. The summed E-state index contributed by atoms with van der Waals surface area (Å²) in [5.41, 5.74) is 3.83. The Morgan fingerprint density at radius 1 is 1.12 bits per heavy atom. The summed E-state index contributed by atoms with van der Waals surface area (Å²) in [4.78, 5) is 26.5. The molecule has 4 nitrogen and oxygen atoms in total. The van der Waals surface area contributed by atoms with E-state index in [1.54, 1.807) is 4.90 Å². The second-order valence-corrected chi connectivity index (χ2v) is 7.07. The standard InChI is InChI=1S/C19H19BrN2O2/c1-12-3-6-15(7-4-12)21-19(24)14-10-18(23)22(11-14)17-8-5-13(2)9-16(17)20/h3-9,14H,10-11H2,1-2H3,(H,21,24). The van der Waals surface area contributed by atoms with E-state index >= 15 is 0 Å². The van der Waals surface area contributed by atoms with Gasteiger partial charge in [-0.3, -0.25) is 9.59 Å². The number of hydrogen-bond donors (Lipinski definition) is 1. The van der Waals surface area contributed by atoms with Gasteiger partial charge < -0.3 is 10.2 Å². The normalized spacial score (nSPS) is 17.2. The zero-order valence-electron chi connectivity index (χ0n) is 13.7. The van der Waals surface area contributed by atoms with Crippen molar-refractivity contribution in [2.24, 2.45) is 5.92 Å². The van der Waals surface area contributed by atoms with Crippen molar-refractivity contribution in [2.75, 3.05) is 16.8 Å². The third-order valence-electron chi connectivity index (χ3n) is 4.21. The summed E-state index contributed by atoms with van der Waals surface area (Å²) in [5.74, 6) is -0.478. The molecule has 0 spiro atoms. The quantitative estimate of drug-likeness (QED) is 0.864. The number of halogens is 1. The third kappa shape index (κ3) is 3.51. The van der Waals surface area contributed by atoms with Gasteiger partial charge in [-0.2, -0.15) is 0 Å². The van der Waals surface area contributed by atoms with Crippen molar-refractivity contribution in [1.29, 1.82) is 0 Å². The van der Waals surface area contributed by atoms with E-state index in [1.165, 1.54) is 0 Å². The van der Waals surface area contributed by atoms with Crippen LogP contribution >= 0.6 is 15.9 Å². The molecule has 2 aromatic carbocycles. The van der Waals surface area contributed by atoms with Crippen molar-refractivity contribution in [1.82, 2.24) is 0 Å². The first-order valence-electron chi connectivity index (χ1n) is 7.88. The third-order valence-corrected chi connectivity index (χ3v) is 4.84. The highest BCUT2D eigenvalue weighted by molar-refractivity contribution is 9.10. The summed E-state index contributed by atoms with van der Waals surface area (Å²) in [6.07, 6.45) is 0.234. The predicted molar refractivity (Wildman–Crippen MR) is 99.1 cm³/mol. The van der Waals surface area contributed by atoms with Crippen LogP contribution in [0.4, 0.5) is 11.4 Å². The van der Waals surface area contributed by atoms with Crippen LogP contribution in [0.1, 0.15) is 17.5 Å². The molecule has 0 bridgehead atoms. The van der Waals surface area contributed by atoms with Crippen LogP contribution in [0.25, 0.3) is 0 Å². The summed E-state index contributed by atoms with van der Waals surface area (Å²) in [5, 5.41) is 2.90. The lowest BCUT2D eigenvalue weighted by atomic mass is 10.1. The SMILES string of the molecule is Cc1ccc(NC(=O)C2CC(=O)N(c3ccc(C)cc3Br)C2)cc1. The van der Waals surface area contributed by atoms with Crippen LogP contribution < -0.4 is 10.2 Å². The van der Waals surface area contributed by atoms with E-state index in [-0.39, 0.29) is 24.2 Å². The fourth-order valence-corrected chi connectivity index (χ4v) is 3.54. The van der Waals surface area contributed by atoms with Gasteiger partial charge in [-0.15, -0.1) is 0 Å². The van der Waals surface area contributed by atoms with E-state index in [0.29, 0.717) is 6.54 Å². The van der Waals surface area contributed by atoms with Gasteiger partial charge in [0.15, 0.2) is 0 Å². The first kappa shape index (κ1) is 16.7. The first-order chi connectivity index (χ1) is 11.4. The molecule has 0 saturated carbocycles. The Morgan fingerprint density at radius 2 is 1.79 bits per heavy atom. The molecule has 124 valence electrons. The Bertz CT molecular complexity index is 786. The van der Waals surface area contributed by atoms with Crippen molar-refractivity contribution in [3.05, 3.63) is 58.1 Å². The van der Waals surface area contributed by atoms with Gasteiger partial charge in [0.2, 0.25) is 11.8 Å². The predicted octanol–water partition coefficient (Wildman–Crippen LogP) is 4.06. The van der Waals surface area contributed by atoms with E-state index < -0.39 is 0 Å². The molecular formula is C19H19BrN2O2. The number of nitrogens with one attached hydrogen (secondary N) is 1. The number of aryl methyl sites for hydroxylation is 2. The molecule has 2 amide bonds. The summed E-state index contributed by atoms with van der Waals surface area (Å²) in [7, 11) is 0. The molecule has 5 heteroatoms. The lowest BCUT2D eigenvalue weighted by Gasteiger charge is -2.18. The number of nitrogens with zero attached hydrogens (tertiary/aromatic N) is 1. The zero-order chi connectivity index (χ0) is 17.3. The monoisotopic (exact) mass is 386 g/mol. The van der Waals surface area contributed by atoms with Crippen molar-refractivity contribution in [3.63, 3.8) is 0 Å². The highest BCUT2D eigenvalue weighted by Gasteiger charge is 2.35. The molecule has 0 aliphatic carbocycles. The van der Waals surface area contributed by atoms with E-state index in [1.807, 2.05) is 56.3 Å². The van der Waals surface area contributed by atoms with E-state index in [0.717, 1.165) is 27.0 Å². The van der Waals surface area contributed by atoms with Crippen LogP contribution in [0, 0.1) is 19.8 Å². The number of hydrogen-bond acceptors (Lipinski definition) is 2.